The minimum absolute atomic E-state index is 0.0742. The molecule has 1 heterocycles. The molecule has 0 fully saturated rings. The van der Waals surface area contributed by atoms with Crippen molar-refractivity contribution < 1.29 is 4.79 Å². The van der Waals surface area contributed by atoms with E-state index in [0.29, 0.717) is 12.5 Å². The normalized spacial score (nSPS) is 12.7. The maximum atomic E-state index is 11.9. The third kappa shape index (κ3) is 4.53. The summed E-state index contributed by atoms with van der Waals surface area (Å²) in [5.41, 5.74) is 1.14. The van der Waals surface area contributed by atoms with Crippen molar-refractivity contribution >= 4 is 5.91 Å². The van der Waals surface area contributed by atoms with Crippen LogP contribution in [0, 0.1) is 5.92 Å². The van der Waals surface area contributed by atoms with E-state index in [0.717, 1.165) is 18.8 Å². The standard InChI is InChI=1S/C14H25N3O/c1-5-15-9-13-7-6-8-17(13)10-14(18)16-12(4)11(2)3/h6-8,11-12,15H,5,9-10H2,1-4H3,(H,16,18). The maximum absolute atomic E-state index is 11.9. The van der Waals surface area contributed by atoms with Gasteiger partial charge in [0.25, 0.3) is 0 Å². The number of hydrogen-bond acceptors (Lipinski definition) is 2. The van der Waals surface area contributed by atoms with Gasteiger partial charge in [0.2, 0.25) is 5.91 Å². The van der Waals surface area contributed by atoms with Gasteiger partial charge in [0.1, 0.15) is 6.54 Å². The van der Waals surface area contributed by atoms with Crippen molar-refractivity contribution in [2.45, 2.75) is 46.8 Å². The summed E-state index contributed by atoms with van der Waals surface area (Å²) in [4.78, 5) is 11.9. The maximum Gasteiger partial charge on any atom is 0.240 e. The SMILES string of the molecule is CCNCc1cccn1CC(=O)NC(C)C(C)C. The predicted molar refractivity (Wildman–Crippen MR) is 74.3 cm³/mol. The molecule has 0 radical (unpaired) electrons. The molecule has 102 valence electrons. The van der Waals surface area contributed by atoms with E-state index >= 15 is 0 Å². The molecule has 1 amide bonds. The first-order valence-electron chi connectivity index (χ1n) is 6.68. The van der Waals surface area contributed by atoms with Crippen LogP contribution in [0.2, 0.25) is 0 Å². The minimum atomic E-state index is 0.0742. The zero-order valence-electron chi connectivity index (χ0n) is 11.9. The topological polar surface area (TPSA) is 46.1 Å². The summed E-state index contributed by atoms with van der Waals surface area (Å²) in [6.45, 7) is 10.5. The lowest BCUT2D eigenvalue weighted by molar-refractivity contribution is -0.122. The molecule has 0 saturated carbocycles. The Labute approximate surface area is 110 Å². The van der Waals surface area contributed by atoms with Crippen LogP contribution in [0.5, 0.6) is 0 Å². The second kappa shape index (κ2) is 7.21. The molecular formula is C14H25N3O. The molecule has 1 aromatic heterocycles. The number of rotatable bonds is 7. The molecule has 0 bridgehead atoms. The highest BCUT2D eigenvalue weighted by Crippen LogP contribution is 2.03. The largest absolute Gasteiger partial charge is 0.352 e. The summed E-state index contributed by atoms with van der Waals surface area (Å²) in [6.07, 6.45) is 1.95. The van der Waals surface area contributed by atoms with Gasteiger partial charge in [-0.2, -0.15) is 0 Å². The van der Waals surface area contributed by atoms with E-state index < -0.39 is 0 Å². The quantitative estimate of drug-likeness (QED) is 0.775. The highest BCUT2D eigenvalue weighted by atomic mass is 16.2. The second-order valence-electron chi connectivity index (χ2n) is 5.01. The fourth-order valence-corrected chi connectivity index (χ4v) is 1.64. The van der Waals surface area contributed by atoms with Crippen LogP contribution in [-0.4, -0.2) is 23.1 Å². The highest BCUT2D eigenvalue weighted by Gasteiger charge is 2.11. The van der Waals surface area contributed by atoms with Crippen molar-refractivity contribution in [3.63, 3.8) is 0 Å². The molecule has 1 aromatic rings. The van der Waals surface area contributed by atoms with Gasteiger partial charge in [0.05, 0.1) is 0 Å². The van der Waals surface area contributed by atoms with E-state index in [-0.39, 0.29) is 11.9 Å². The number of carbonyl (C=O) groups is 1. The lowest BCUT2D eigenvalue weighted by Gasteiger charge is -2.18. The van der Waals surface area contributed by atoms with E-state index in [2.05, 4.69) is 31.4 Å². The number of aromatic nitrogens is 1. The zero-order chi connectivity index (χ0) is 13.5. The van der Waals surface area contributed by atoms with Crippen LogP contribution >= 0.6 is 0 Å². The molecule has 0 spiro atoms. The first-order valence-corrected chi connectivity index (χ1v) is 6.68. The Bertz CT molecular complexity index is 371. The Morgan fingerprint density at radius 3 is 2.72 bits per heavy atom. The van der Waals surface area contributed by atoms with E-state index in [1.807, 2.05) is 29.8 Å². The zero-order valence-corrected chi connectivity index (χ0v) is 11.9. The Balaban J connectivity index is 2.51. The second-order valence-corrected chi connectivity index (χ2v) is 5.01. The smallest absolute Gasteiger partial charge is 0.240 e. The van der Waals surface area contributed by atoms with Crippen LogP contribution < -0.4 is 10.6 Å². The summed E-state index contributed by atoms with van der Waals surface area (Å²) in [6, 6.07) is 4.23. The number of nitrogens with one attached hydrogen (secondary N) is 2. The van der Waals surface area contributed by atoms with Crippen molar-refractivity contribution in [3.8, 4) is 0 Å². The van der Waals surface area contributed by atoms with Crippen molar-refractivity contribution in [2.24, 2.45) is 5.92 Å². The summed E-state index contributed by atoms with van der Waals surface area (Å²) in [5, 5.41) is 6.29. The van der Waals surface area contributed by atoms with Crippen molar-refractivity contribution in [1.29, 1.82) is 0 Å². The van der Waals surface area contributed by atoms with Crippen LogP contribution in [0.3, 0.4) is 0 Å². The molecule has 0 aromatic carbocycles. The Morgan fingerprint density at radius 1 is 1.39 bits per heavy atom. The van der Waals surface area contributed by atoms with Crippen LogP contribution in [0.25, 0.3) is 0 Å². The van der Waals surface area contributed by atoms with E-state index in [9.17, 15) is 4.79 Å². The molecule has 0 aliphatic rings. The van der Waals surface area contributed by atoms with Gasteiger partial charge in [-0.1, -0.05) is 20.8 Å². The van der Waals surface area contributed by atoms with Crippen molar-refractivity contribution in [3.05, 3.63) is 24.0 Å². The first-order chi connectivity index (χ1) is 8.54. The van der Waals surface area contributed by atoms with Gasteiger partial charge in [-0.25, -0.2) is 0 Å². The van der Waals surface area contributed by atoms with E-state index in [1.54, 1.807) is 0 Å². The monoisotopic (exact) mass is 251 g/mol. The lowest BCUT2D eigenvalue weighted by atomic mass is 10.1. The van der Waals surface area contributed by atoms with Crippen LogP contribution in [0.15, 0.2) is 18.3 Å². The molecular weight excluding hydrogens is 226 g/mol. The average molecular weight is 251 g/mol. The Morgan fingerprint density at radius 2 is 2.11 bits per heavy atom. The molecule has 18 heavy (non-hydrogen) atoms. The van der Waals surface area contributed by atoms with Crippen molar-refractivity contribution in [2.75, 3.05) is 6.54 Å². The van der Waals surface area contributed by atoms with Crippen LogP contribution in [0.4, 0.5) is 0 Å². The fourth-order valence-electron chi connectivity index (χ4n) is 1.64. The molecule has 2 N–H and O–H groups in total. The van der Waals surface area contributed by atoms with Gasteiger partial charge in [-0.15, -0.1) is 0 Å². The van der Waals surface area contributed by atoms with E-state index in [1.165, 1.54) is 0 Å². The van der Waals surface area contributed by atoms with E-state index in [4.69, 9.17) is 0 Å². The molecule has 0 aliphatic heterocycles. The fraction of sp³-hybridized carbons (Fsp3) is 0.643. The summed E-state index contributed by atoms with van der Waals surface area (Å²) >= 11 is 0. The van der Waals surface area contributed by atoms with Crippen LogP contribution in [-0.2, 0) is 17.9 Å². The summed E-state index contributed by atoms with van der Waals surface area (Å²) in [7, 11) is 0. The lowest BCUT2D eigenvalue weighted by Crippen LogP contribution is -2.38. The first kappa shape index (κ1) is 14.8. The van der Waals surface area contributed by atoms with Gasteiger partial charge >= 0.3 is 0 Å². The van der Waals surface area contributed by atoms with Gasteiger partial charge in [-0.3, -0.25) is 4.79 Å². The average Bonchev–Trinajstić information content (AvgIpc) is 2.73. The number of nitrogens with zero attached hydrogens (tertiary/aromatic N) is 1. The number of hydrogen-bond donors (Lipinski definition) is 2. The molecule has 1 unspecified atom stereocenters. The van der Waals surface area contributed by atoms with Gasteiger partial charge in [0, 0.05) is 24.5 Å². The van der Waals surface area contributed by atoms with Crippen LogP contribution in [0.1, 0.15) is 33.4 Å². The van der Waals surface area contributed by atoms with Gasteiger partial charge in [0.15, 0.2) is 0 Å². The number of carbonyl (C=O) groups excluding carboxylic acids is 1. The van der Waals surface area contributed by atoms with Crippen molar-refractivity contribution in [1.82, 2.24) is 15.2 Å². The third-order valence-corrected chi connectivity index (χ3v) is 3.18. The molecule has 4 nitrogen and oxygen atoms in total. The van der Waals surface area contributed by atoms with Gasteiger partial charge in [-0.05, 0) is 31.5 Å². The Kier molecular flexibility index (Phi) is 5.92. The molecule has 0 aliphatic carbocycles. The summed E-state index contributed by atoms with van der Waals surface area (Å²) in [5.74, 6) is 0.532. The molecule has 1 atom stereocenters. The predicted octanol–water partition coefficient (Wildman–Crippen LogP) is 1.76. The molecule has 1 rings (SSSR count). The summed E-state index contributed by atoms with van der Waals surface area (Å²) < 4.78 is 1.99. The molecule has 4 heteroatoms. The minimum Gasteiger partial charge on any atom is -0.352 e. The third-order valence-electron chi connectivity index (χ3n) is 3.18. The molecule has 0 saturated heterocycles. The van der Waals surface area contributed by atoms with Gasteiger partial charge < -0.3 is 15.2 Å². The number of amides is 1. The highest BCUT2D eigenvalue weighted by molar-refractivity contribution is 5.76. The Hall–Kier alpha value is -1.29.